The quantitative estimate of drug-likeness (QED) is 0.293. The van der Waals surface area contributed by atoms with Gasteiger partial charge in [-0.1, -0.05) is 11.6 Å². The summed E-state index contributed by atoms with van der Waals surface area (Å²) < 4.78 is 38.2. The largest absolute Gasteiger partial charge is 0.452 e. The number of nitro groups is 1. The molecule has 0 bridgehead atoms. The standard InChI is InChI=1S/C20H19ClN4O7S/c1-20(2,3)24-33(29,30)16-10-13(6-9-15(16)21)19(26)31-11-17-22-23-18(32-17)12-4-7-14(8-5-12)25(27)28/h4-10,24H,11H2,1-3H3. The van der Waals surface area contributed by atoms with E-state index in [1.807, 2.05) is 0 Å². The topological polar surface area (TPSA) is 155 Å². The molecule has 1 heterocycles. The summed E-state index contributed by atoms with van der Waals surface area (Å²) in [4.78, 5) is 22.4. The van der Waals surface area contributed by atoms with Gasteiger partial charge in [-0.05, 0) is 51.1 Å². The third-order valence-electron chi connectivity index (χ3n) is 4.02. The van der Waals surface area contributed by atoms with E-state index in [0.717, 1.165) is 6.07 Å². The van der Waals surface area contributed by atoms with Crippen LogP contribution in [0.5, 0.6) is 0 Å². The number of aromatic nitrogens is 2. The van der Waals surface area contributed by atoms with Crippen molar-refractivity contribution in [3.63, 3.8) is 0 Å². The molecule has 1 aromatic heterocycles. The van der Waals surface area contributed by atoms with E-state index >= 15 is 0 Å². The van der Waals surface area contributed by atoms with Gasteiger partial charge >= 0.3 is 5.97 Å². The number of ether oxygens (including phenoxy) is 1. The lowest BCUT2D eigenvalue weighted by Crippen LogP contribution is -2.40. The number of nitro benzene ring substituents is 1. The highest BCUT2D eigenvalue weighted by atomic mass is 35.5. The Bertz CT molecular complexity index is 1300. The van der Waals surface area contributed by atoms with Gasteiger partial charge < -0.3 is 9.15 Å². The second kappa shape index (κ2) is 9.25. The smallest absolute Gasteiger partial charge is 0.338 e. The van der Waals surface area contributed by atoms with Crippen LogP contribution in [0.4, 0.5) is 5.69 Å². The van der Waals surface area contributed by atoms with E-state index in [0.29, 0.717) is 5.56 Å². The van der Waals surface area contributed by atoms with Crippen molar-refractivity contribution in [2.24, 2.45) is 0 Å². The molecule has 0 aliphatic carbocycles. The molecule has 0 fully saturated rings. The van der Waals surface area contributed by atoms with Crippen molar-refractivity contribution in [1.29, 1.82) is 0 Å². The lowest BCUT2D eigenvalue weighted by Gasteiger charge is -2.21. The fraction of sp³-hybridized carbons (Fsp3) is 0.250. The maximum atomic E-state index is 12.6. The Labute approximate surface area is 193 Å². The third kappa shape index (κ3) is 6.12. The van der Waals surface area contributed by atoms with Gasteiger partial charge in [0.05, 0.1) is 15.5 Å². The molecule has 1 N–H and O–H groups in total. The number of nitrogens with zero attached hydrogens (tertiary/aromatic N) is 3. The molecule has 3 rings (SSSR count). The molecule has 0 atom stereocenters. The first-order valence-corrected chi connectivity index (χ1v) is 11.3. The summed E-state index contributed by atoms with van der Waals surface area (Å²) in [5, 5.41) is 18.3. The van der Waals surface area contributed by atoms with Crippen LogP contribution in [0.25, 0.3) is 11.5 Å². The molecule has 33 heavy (non-hydrogen) atoms. The van der Waals surface area contributed by atoms with E-state index in [4.69, 9.17) is 20.8 Å². The number of carbonyl (C=O) groups excluding carboxylic acids is 1. The summed E-state index contributed by atoms with van der Waals surface area (Å²) in [7, 11) is -3.98. The first kappa shape index (κ1) is 24.3. The van der Waals surface area contributed by atoms with Crippen LogP contribution in [0.3, 0.4) is 0 Å². The van der Waals surface area contributed by atoms with Crippen LogP contribution in [0.15, 0.2) is 51.8 Å². The molecule has 0 spiro atoms. The molecular formula is C20H19ClN4O7S. The first-order valence-electron chi connectivity index (χ1n) is 9.43. The van der Waals surface area contributed by atoms with Gasteiger partial charge in [-0.15, -0.1) is 10.2 Å². The maximum Gasteiger partial charge on any atom is 0.338 e. The van der Waals surface area contributed by atoms with Crippen molar-refractivity contribution < 1.29 is 27.3 Å². The Morgan fingerprint density at radius 2 is 1.85 bits per heavy atom. The van der Waals surface area contributed by atoms with Crippen molar-refractivity contribution >= 4 is 33.3 Å². The van der Waals surface area contributed by atoms with Gasteiger partial charge in [0, 0.05) is 23.2 Å². The van der Waals surface area contributed by atoms with Crippen molar-refractivity contribution in [2.75, 3.05) is 0 Å². The second-order valence-electron chi connectivity index (χ2n) is 7.88. The monoisotopic (exact) mass is 494 g/mol. The summed E-state index contributed by atoms with van der Waals surface area (Å²) >= 11 is 6.03. The number of benzene rings is 2. The number of hydrogen-bond acceptors (Lipinski definition) is 9. The highest BCUT2D eigenvalue weighted by molar-refractivity contribution is 7.89. The minimum Gasteiger partial charge on any atom is -0.452 e. The number of esters is 1. The number of sulfonamides is 1. The molecule has 11 nitrogen and oxygen atoms in total. The van der Waals surface area contributed by atoms with Crippen molar-refractivity contribution in [3.05, 3.63) is 69.1 Å². The lowest BCUT2D eigenvalue weighted by molar-refractivity contribution is -0.384. The zero-order valence-electron chi connectivity index (χ0n) is 17.7. The number of rotatable bonds is 7. The average Bonchev–Trinajstić information content (AvgIpc) is 3.19. The van der Waals surface area contributed by atoms with Crippen molar-refractivity contribution in [3.8, 4) is 11.5 Å². The van der Waals surface area contributed by atoms with Crippen LogP contribution in [0.2, 0.25) is 5.02 Å². The van der Waals surface area contributed by atoms with Gasteiger partial charge in [-0.25, -0.2) is 17.9 Å². The number of nitrogens with one attached hydrogen (secondary N) is 1. The average molecular weight is 495 g/mol. The van der Waals surface area contributed by atoms with E-state index in [-0.39, 0.29) is 39.6 Å². The fourth-order valence-electron chi connectivity index (χ4n) is 2.66. The summed E-state index contributed by atoms with van der Waals surface area (Å²) in [5.41, 5.74) is -0.430. The first-order chi connectivity index (χ1) is 15.4. The van der Waals surface area contributed by atoms with Crippen molar-refractivity contribution in [2.45, 2.75) is 37.8 Å². The molecule has 0 saturated carbocycles. The Morgan fingerprint density at radius 3 is 2.45 bits per heavy atom. The summed E-state index contributed by atoms with van der Waals surface area (Å²) in [6.07, 6.45) is 0. The van der Waals surface area contributed by atoms with Crippen LogP contribution in [-0.4, -0.2) is 35.0 Å². The van der Waals surface area contributed by atoms with Gasteiger partial charge in [-0.2, -0.15) is 0 Å². The lowest BCUT2D eigenvalue weighted by atomic mass is 10.1. The molecule has 13 heteroatoms. The van der Waals surface area contributed by atoms with Crippen LogP contribution >= 0.6 is 11.6 Å². The van der Waals surface area contributed by atoms with Gasteiger partial charge in [0.15, 0.2) is 6.61 Å². The second-order valence-corrected chi connectivity index (χ2v) is 9.94. The van der Waals surface area contributed by atoms with Gasteiger partial charge in [-0.3, -0.25) is 10.1 Å². The molecule has 0 radical (unpaired) electrons. The van der Waals surface area contributed by atoms with Gasteiger partial charge in [0.2, 0.25) is 15.9 Å². The van der Waals surface area contributed by atoms with E-state index in [2.05, 4.69) is 14.9 Å². The minimum absolute atomic E-state index is 0.0205. The Balaban J connectivity index is 1.71. The molecule has 0 unspecified atom stereocenters. The van der Waals surface area contributed by atoms with E-state index in [1.54, 1.807) is 20.8 Å². The normalized spacial score (nSPS) is 11.9. The van der Waals surface area contributed by atoms with Crippen LogP contribution in [0, 0.1) is 10.1 Å². The predicted molar refractivity (Wildman–Crippen MR) is 117 cm³/mol. The molecular weight excluding hydrogens is 476 g/mol. The van der Waals surface area contributed by atoms with E-state index in [1.165, 1.54) is 36.4 Å². The summed E-state index contributed by atoms with van der Waals surface area (Å²) in [5.74, 6) is -0.758. The highest BCUT2D eigenvalue weighted by Gasteiger charge is 2.25. The minimum atomic E-state index is -3.98. The SMILES string of the molecule is CC(C)(C)NS(=O)(=O)c1cc(C(=O)OCc2nnc(-c3ccc([N+](=O)[O-])cc3)o2)ccc1Cl. The predicted octanol–water partition coefficient (Wildman–Crippen LogP) is 3.73. The number of carbonyl (C=O) groups is 1. The molecule has 0 amide bonds. The van der Waals surface area contributed by atoms with Crippen LogP contribution in [-0.2, 0) is 21.4 Å². The molecule has 0 aliphatic rings. The summed E-state index contributed by atoms with van der Waals surface area (Å²) in [6.45, 7) is 4.65. The molecule has 3 aromatic rings. The van der Waals surface area contributed by atoms with Gasteiger partial charge in [0.1, 0.15) is 4.90 Å². The van der Waals surface area contributed by atoms with Crippen LogP contribution in [0.1, 0.15) is 37.0 Å². The summed E-state index contributed by atoms with van der Waals surface area (Å²) in [6, 6.07) is 9.21. The van der Waals surface area contributed by atoms with E-state index < -0.39 is 26.5 Å². The number of halogens is 1. The molecule has 2 aromatic carbocycles. The fourth-order valence-corrected chi connectivity index (χ4v) is 4.60. The Morgan fingerprint density at radius 1 is 1.18 bits per heavy atom. The Kier molecular flexibility index (Phi) is 6.81. The highest BCUT2D eigenvalue weighted by Crippen LogP contribution is 2.25. The molecule has 174 valence electrons. The van der Waals surface area contributed by atoms with E-state index in [9.17, 15) is 23.3 Å². The van der Waals surface area contributed by atoms with Crippen LogP contribution < -0.4 is 4.72 Å². The van der Waals surface area contributed by atoms with Crippen molar-refractivity contribution in [1.82, 2.24) is 14.9 Å². The number of hydrogen-bond donors (Lipinski definition) is 1. The maximum absolute atomic E-state index is 12.6. The van der Waals surface area contributed by atoms with Gasteiger partial charge in [0.25, 0.3) is 11.6 Å². The Hall–Kier alpha value is -3.35. The zero-order chi connectivity index (χ0) is 24.4. The number of non-ortho nitro benzene ring substituents is 1. The molecule has 0 saturated heterocycles. The molecule has 0 aliphatic heterocycles. The third-order valence-corrected chi connectivity index (χ3v) is 6.26. The zero-order valence-corrected chi connectivity index (χ0v) is 19.3.